The Hall–Kier alpha value is -2.56. The lowest BCUT2D eigenvalue weighted by atomic mass is 10.0. The third-order valence-corrected chi connectivity index (χ3v) is 2.82. The second kappa shape index (κ2) is 4.97. The maximum atomic E-state index is 11.4. The predicted molar refractivity (Wildman–Crippen MR) is 71.1 cm³/mol. The summed E-state index contributed by atoms with van der Waals surface area (Å²) in [7, 11) is 0. The van der Waals surface area contributed by atoms with Gasteiger partial charge in [0.15, 0.2) is 5.78 Å². The molecule has 96 valence electrons. The highest BCUT2D eigenvalue weighted by Crippen LogP contribution is 2.29. The topological polar surface area (TPSA) is 73.1 Å². The van der Waals surface area contributed by atoms with Crippen molar-refractivity contribution in [3.8, 4) is 11.3 Å². The molecule has 5 heteroatoms. The monoisotopic (exact) mass is 256 g/mol. The van der Waals surface area contributed by atoms with Crippen LogP contribution in [0.2, 0.25) is 0 Å². The minimum absolute atomic E-state index is 0.151. The number of nitrogens with zero attached hydrogens (tertiary/aromatic N) is 2. The number of rotatable bonds is 3. The van der Waals surface area contributed by atoms with Crippen LogP contribution in [0.25, 0.3) is 11.3 Å². The molecule has 0 atom stereocenters. The third-order valence-electron chi connectivity index (χ3n) is 2.82. The number of carbonyl (C=O) groups is 1. The molecular formula is C14H12N2O3. The lowest BCUT2D eigenvalue weighted by Gasteiger charge is -2.07. The zero-order valence-corrected chi connectivity index (χ0v) is 10.6. The predicted octanol–water partition coefficient (Wildman–Crippen LogP) is 3.17. The van der Waals surface area contributed by atoms with E-state index in [1.807, 2.05) is 6.07 Å². The molecule has 0 amide bonds. The molecule has 0 aliphatic carbocycles. The molecule has 0 fully saturated rings. The molecule has 1 aromatic heterocycles. The van der Waals surface area contributed by atoms with Gasteiger partial charge in [-0.15, -0.1) is 0 Å². The van der Waals surface area contributed by atoms with Crippen molar-refractivity contribution in [3.05, 3.63) is 57.8 Å². The van der Waals surface area contributed by atoms with Crippen LogP contribution in [0.15, 0.2) is 36.4 Å². The number of aryl methyl sites for hydroxylation is 1. The number of nitro groups is 1. The molecule has 2 rings (SSSR count). The summed E-state index contributed by atoms with van der Waals surface area (Å²) in [5.41, 5.74) is 1.57. The summed E-state index contributed by atoms with van der Waals surface area (Å²) in [5, 5.41) is 11.1. The van der Waals surface area contributed by atoms with Crippen LogP contribution in [0.5, 0.6) is 0 Å². The minimum atomic E-state index is -0.513. The van der Waals surface area contributed by atoms with Gasteiger partial charge in [0.1, 0.15) is 5.69 Å². The van der Waals surface area contributed by atoms with Crippen LogP contribution in [-0.2, 0) is 0 Å². The van der Waals surface area contributed by atoms with Crippen LogP contribution < -0.4 is 0 Å². The number of ketones is 1. The Morgan fingerprint density at radius 1 is 1.26 bits per heavy atom. The molecule has 19 heavy (non-hydrogen) atoms. The highest BCUT2D eigenvalue weighted by atomic mass is 16.6. The van der Waals surface area contributed by atoms with Crippen molar-refractivity contribution in [2.75, 3.05) is 0 Å². The molecule has 1 heterocycles. The largest absolute Gasteiger partial charge is 0.296 e. The highest BCUT2D eigenvalue weighted by Gasteiger charge is 2.21. The van der Waals surface area contributed by atoms with Crippen LogP contribution in [0.4, 0.5) is 5.69 Å². The summed E-state index contributed by atoms with van der Waals surface area (Å²) in [4.78, 5) is 26.3. The lowest BCUT2D eigenvalue weighted by molar-refractivity contribution is -0.384. The van der Waals surface area contributed by atoms with Gasteiger partial charge in [0, 0.05) is 22.9 Å². The van der Waals surface area contributed by atoms with Crippen molar-refractivity contribution in [2.24, 2.45) is 0 Å². The van der Waals surface area contributed by atoms with Crippen molar-refractivity contribution in [3.63, 3.8) is 0 Å². The van der Waals surface area contributed by atoms with Crippen LogP contribution in [0.3, 0.4) is 0 Å². The lowest BCUT2D eigenvalue weighted by Crippen LogP contribution is -2.04. The molecule has 0 spiro atoms. The molecule has 0 radical (unpaired) electrons. The quantitative estimate of drug-likeness (QED) is 0.480. The van der Waals surface area contributed by atoms with Gasteiger partial charge in [-0.25, -0.2) is 4.98 Å². The molecule has 0 unspecified atom stereocenters. The maximum absolute atomic E-state index is 11.4. The van der Waals surface area contributed by atoms with Gasteiger partial charge in [0.05, 0.1) is 4.92 Å². The first-order valence-corrected chi connectivity index (χ1v) is 5.73. The number of Topliss-reactive ketones (excluding diaryl/α,β-unsaturated/α-hetero) is 1. The number of benzene rings is 1. The van der Waals surface area contributed by atoms with Gasteiger partial charge >= 0.3 is 0 Å². The first-order valence-electron chi connectivity index (χ1n) is 5.73. The molecule has 5 nitrogen and oxygen atoms in total. The Morgan fingerprint density at radius 2 is 1.89 bits per heavy atom. The average Bonchev–Trinajstić information content (AvgIpc) is 2.38. The Bertz CT molecular complexity index is 651. The first-order chi connectivity index (χ1) is 9.00. The fourth-order valence-electron chi connectivity index (χ4n) is 1.90. The summed E-state index contributed by atoms with van der Waals surface area (Å²) in [6.45, 7) is 3.04. The fraction of sp³-hybridized carbons (Fsp3) is 0.143. The summed E-state index contributed by atoms with van der Waals surface area (Å²) in [5.74, 6) is -0.229. The van der Waals surface area contributed by atoms with E-state index < -0.39 is 4.92 Å². The van der Waals surface area contributed by atoms with Crippen LogP contribution in [0.1, 0.15) is 23.0 Å². The SMILES string of the molecule is CC(=O)c1cc([N+](=O)[O-])c(-c2ccccc2)nc1C. The number of hydrogen-bond acceptors (Lipinski definition) is 4. The fourth-order valence-corrected chi connectivity index (χ4v) is 1.90. The standard InChI is InChI=1S/C14H12N2O3/c1-9-12(10(2)17)8-13(16(18)19)14(15-9)11-6-4-3-5-7-11/h3-8H,1-2H3. The van der Waals surface area contributed by atoms with Gasteiger partial charge in [0.25, 0.3) is 5.69 Å². The van der Waals surface area contributed by atoms with E-state index in [9.17, 15) is 14.9 Å². The Morgan fingerprint density at radius 3 is 2.42 bits per heavy atom. The number of carbonyl (C=O) groups excluding carboxylic acids is 1. The zero-order chi connectivity index (χ0) is 14.0. The Kier molecular flexibility index (Phi) is 3.37. The van der Waals surface area contributed by atoms with E-state index in [2.05, 4.69) is 4.98 Å². The van der Waals surface area contributed by atoms with Gasteiger partial charge < -0.3 is 0 Å². The van der Waals surface area contributed by atoms with Crippen molar-refractivity contribution in [2.45, 2.75) is 13.8 Å². The number of pyridine rings is 1. The third kappa shape index (κ3) is 2.49. The van der Waals surface area contributed by atoms with E-state index in [0.717, 1.165) is 0 Å². The summed E-state index contributed by atoms with van der Waals surface area (Å²) >= 11 is 0. The van der Waals surface area contributed by atoms with E-state index in [1.165, 1.54) is 13.0 Å². The average molecular weight is 256 g/mol. The molecule has 0 aliphatic heterocycles. The minimum Gasteiger partial charge on any atom is -0.294 e. The van der Waals surface area contributed by atoms with E-state index >= 15 is 0 Å². The van der Waals surface area contributed by atoms with Crippen molar-refractivity contribution in [1.82, 2.24) is 4.98 Å². The van der Waals surface area contributed by atoms with Crippen LogP contribution in [0, 0.1) is 17.0 Å². The molecular weight excluding hydrogens is 244 g/mol. The molecule has 0 bridgehead atoms. The Balaban J connectivity index is 2.71. The van der Waals surface area contributed by atoms with E-state index in [-0.39, 0.29) is 22.7 Å². The van der Waals surface area contributed by atoms with E-state index in [4.69, 9.17) is 0 Å². The molecule has 2 aromatic rings. The number of hydrogen-bond donors (Lipinski definition) is 0. The summed E-state index contributed by atoms with van der Waals surface area (Å²) in [6, 6.07) is 10.2. The van der Waals surface area contributed by atoms with Crippen LogP contribution in [-0.4, -0.2) is 15.7 Å². The van der Waals surface area contributed by atoms with Gasteiger partial charge in [-0.3, -0.25) is 14.9 Å². The smallest absolute Gasteiger partial charge is 0.294 e. The van der Waals surface area contributed by atoms with Gasteiger partial charge in [-0.1, -0.05) is 30.3 Å². The number of aromatic nitrogens is 1. The van der Waals surface area contributed by atoms with E-state index in [0.29, 0.717) is 11.3 Å². The first kappa shape index (κ1) is 12.9. The highest BCUT2D eigenvalue weighted by molar-refractivity contribution is 5.96. The Labute approximate surface area is 110 Å². The molecule has 0 aliphatic rings. The van der Waals surface area contributed by atoms with Crippen molar-refractivity contribution < 1.29 is 9.72 Å². The summed E-state index contributed by atoms with van der Waals surface area (Å²) in [6.07, 6.45) is 0. The van der Waals surface area contributed by atoms with Crippen molar-refractivity contribution >= 4 is 11.5 Å². The zero-order valence-electron chi connectivity index (χ0n) is 10.6. The summed E-state index contributed by atoms with van der Waals surface area (Å²) < 4.78 is 0. The van der Waals surface area contributed by atoms with Gasteiger partial charge in [-0.05, 0) is 13.8 Å². The van der Waals surface area contributed by atoms with Crippen molar-refractivity contribution in [1.29, 1.82) is 0 Å². The normalized spacial score (nSPS) is 10.2. The van der Waals surface area contributed by atoms with Crippen LogP contribution >= 0.6 is 0 Å². The van der Waals surface area contributed by atoms with Gasteiger partial charge in [0.2, 0.25) is 0 Å². The second-order valence-corrected chi connectivity index (χ2v) is 4.17. The molecule has 0 saturated heterocycles. The molecule has 1 aromatic carbocycles. The molecule has 0 saturated carbocycles. The molecule has 0 N–H and O–H groups in total. The second-order valence-electron chi connectivity index (χ2n) is 4.17. The van der Waals surface area contributed by atoms with E-state index in [1.54, 1.807) is 31.2 Å². The maximum Gasteiger partial charge on any atom is 0.296 e. The van der Waals surface area contributed by atoms with Gasteiger partial charge in [-0.2, -0.15) is 0 Å².